The van der Waals surface area contributed by atoms with E-state index < -0.39 is 0 Å². The highest BCUT2D eigenvalue weighted by molar-refractivity contribution is 14.1. The SMILES string of the molecule is CCN(CCC#N)C(=O)c1cc(Br)ccc1I. The Balaban J connectivity index is 2.94. The molecule has 1 aromatic carbocycles. The lowest BCUT2D eigenvalue weighted by Gasteiger charge is -2.20. The van der Waals surface area contributed by atoms with Gasteiger partial charge in [0.05, 0.1) is 18.1 Å². The minimum Gasteiger partial charge on any atom is -0.338 e. The van der Waals surface area contributed by atoms with Crippen molar-refractivity contribution < 1.29 is 4.79 Å². The average Bonchev–Trinajstić information content (AvgIpc) is 2.33. The van der Waals surface area contributed by atoms with Crippen molar-refractivity contribution in [2.24, 2.45) is 0 Å². The predicted molar refractivity (Wildman–Crippen MR) is 78.7 cm³/mol. The van der Waals surface area contributed by atoms with Gasteiger partial charge in [-0.3, -0.25) is 4.79 Å². The number of rotatable bonds is 4. The van der Waals surface area contributed by atoms with Crippen LogP contribution >= 0.6 is 38.5 Å². The van der Waals surface area contributed by atoms with Crippen LogP contribution < -0.4 is 0 Å². The third kappa shape index (κ3) is 3.96. The largest absolute Gasteiger partial charge is 0.338 e. The molecule has 0 radical (unpaired) electrons. The molecule has 0 aromatic heterocycles. The van der Waals surface area contributed by atoms with E-state index in [9.17, 15) is 4.79 Å². The van der Waals surface area contributed by atoms with E-state index in [0.717, 1.165) is 8.04 Å². The average molecular weight is 407 g/mol. The zero-order valence-electron chi connectivity index (χ0n) is 9.41. The monoisotopic (exact) mass is 406 g/mol. The Hall–Kier alpha value is -0.610. The fraction of sp³-hybridized carbons (Fsp3) is 0.333. The first-order valence-electron chi connectivity index (χ1n) is 5.21. The van der Waals surface area contributed by atoms with Gasteiger partial charge < -0.3 is 4.90 Å². The molecule has 0 saturated carbocycles. The lowest BCUT2D eigenvalue weighted by molar-refractivity contribution is 0.0766. The zero-order chi connectivity index (χ0) is 12.8. The number of nitriles is 1. The number of carbonyl (C=O) groups is 1. The molecule has 3 nitrogen and oxygen atoms in total. The van der Waals surface area contributed by atoms with Crippen LogP contribution in [0.3, 0.4) is 0 Å². The van der Waals surface area contributed by atoms with Gasteiger partial charge >= 0.3 is 0 Å². The molecule has 0 atom stereocenters. The summed E-state index contributed by atoms with van der Waals surface area (Å²) in [6.07, 6.45) is 0.365. The van der Waals surface area contributed by atoms with Crippen molar-refractivity contribution in [3.05, 3.63) is 31.8 Å². The van der Waals surface area contributed by atoms with Crippen molar-refractivity contribution in [2.45, 2.75) is 13.3 Å². The summed E-state index contributed by atoms with van der Waals surface area (Å²) in [6, 6.07) is 7.68. The van der Waals surface area contributed by atoms with Gasteiger partial charge in [-0.25, -0.2) is 0 Å². The van der Waals surface area contributed by atoms with Crippen molar-refractivity contribution >= 4 is 44.4 Å². The molecule has 0 aliphatic carbocycles. The van der Waals surface area contributed by atoms with Gasteiger partial charge in [-0.15, -0.1) is 0 Å². The molecule has 1 amide bonds. The summed E-state index contributed by atoms with van der Waals surface area (Å²) in [6.45, 7) is 3.01. The number of amides is 1. The van der Waals surface area contributed by atoms with Crippen molar-refractivity contribution in [1.82, 2.24) is 4.90 Å². The first kappa shape index (κ1) is 14.5. The molecule has 0 saturated heterocycles. The highest BCUT2D eigenvalue weighted by Gasteiger charge is 2.16. The number of halogens is 2. The van der Waals surface area contributed by atoms with E-state index in [1.165, 1.54) is 0 Å². The summed E-state index contributed by atoms with van der Waals surface area (Å²) < 4.78 is 1.81. The van der Waals surface area contributed by atoms with E-state index in [2.05, 4.69) is 44.6 Å². The molecule has 0 heterocycles. The molecule has 0 aliphatic rings. The quantitative estimate of drug-likeness (QED) is 0.719. The summed E-state index contributed by atoms with van der Waals surface area (Å²) in [7, 11) is 0. The standard InChI is InChI=1S/C12H12BrIN2O/c1-2-16(7-3-6-15)12(17)10-8-9(13)4-5-11(10)14/h4-5,8H,2-3,7H2,1H3. The lowest BCUT2D eigenvalue weighted by Crippen LogP contribution is -2.32. The second kappa shape index (κ2) is 6.97. The lowest BCUT2D eigenvalue weighted by atomic mass is 10.2. The van der Waals surface area contributed by atoms with Gasteiger partial charge in [0.25, 0.3) is 5.91 Å². The second-order valence-electron chi connectivity index (χ2n) is 3.42. The minimum absolute atomic E-state index is 0.0200. The van der Waals surface area contributed by atoms with Crippen LogP contribution in [0.25, 0.3) is 0 Å². The Morgan fingerprint density at radius 3 is 2.88 bits per heavy atom. The van der Waals surface area contributed by atoms with E-state index in [1.807, 2.05) is 25.1 Å². The molecule has 1 aromatic rings. The van der Waals surface area contributed by atoms with Crippen LogP contribution in [0.15, 0.2) is 22.7 Å². The Morgan fingerprint density at radius 1 is 1.59 bits per heavy atom. The van der Waals surface area contributed by atoms with Gasteiger partial charge in [0, 0.05) is 21.1 Å². The molecule has 0 bridgehead atoms. The third-order valence-corrected chi connectivity index (χ3v) is 3.76. The summed E-state index contributed by atoms with van der Waals surface area (Å²) in [4.78, 5) is 13.9. The molecule has 90 valence electrons. The van der Waals surface area contributed by atoms with Gasteiger partial charge in [-0.2, -0.15) is 5.26 Å². The van der Waals surface area contributed by atoms with Crippen molar-refractivity contribution in [1.29, 1.82) is 5.26 Å². The van der Waals surface area contributed by atoms with Crippen LogP contribution in [-0.2, 0) is 0 Å². The fourth-order valence-corrected chi connectivity index (χ4v) is 2.35. The minimum atomic E-state index is -0.0200. The summed E-state index contributed by atoms with van der Waals surface area (Å²) >= 11 is 5.51. The van der Waals surface area contributed by atoms with Crippen LogP contribution in [0.5, 0.6) is 0 Å². The summed E-state index contributed by atoms with van der Waals surface area (Å²) in [5.41, 5.74) is 0.680. The van der Waals surface area contributed by atoms with Crippen molar-refractivity contribution in [3.8, 4) is 6.07 Å². The van der Waals surface area contributed by atoms with Crippen LogP contribution in [0.2, 0.25) is 0 Å². The first-order chi connectivity index (χ1) is 8.10. The van der Waals surface area contributed by atoms with Crippen molar-refractivity contribution in [3.63, 3.8) is 0 Å². The normalized spacial score (nSPS) is 9.76. The number of hydrogen-bond acceptors (Lipinski definition) is 2. The van der Waals surface area contributed by atoms with Crippen LogP contribution in [0.1, 0.15) is 23.7 Å². The number of benzene rings is 1. The molecule has 17 heavy (non-hydrogen) atoms. The third-order valence-electron chi connectivity index (χ3n) is 2.32. The Bertz CT molecular complexity index is 456. The van der Waals surface area contributed by atoms with E-state index in [0.29, 0.717) is 25.1 Å². The summed E-state index contributed by atoms with van der Waals surface area (Å²) in [5.74, 6) is -0.0200. The van der Waals surface area contributed by atoms with Gasteiger partial charge in [0.1, 0.15) is 0 Å². The van der Waals surface area contributed by atoms with E-state index >= 15 is 0 Å². The highest BCUT2D eigenvalue weighted by atomic mass is 127. The molecule has 0 fully saturated rings. The molecular formula is C12H12BrIN2O. The maximum Gasteiger partial charge on any atom is 0.254 e. The number of carbonyl (C=O) groups excluding carboxylic acids is 1. The van der Waals surface area contributed by atoms with E-state index in [4.69, 9.17) is 5.26 Å². The van der Waals surface area contributed by atoms with E-state index in [-0.39, 0.29) is 5.91 Å². The molecule has 1 rings (SSSR count). The molecule has 0 aliphatic heterocycles. The van der Waals surface area contributed by atoms with E-state index in [1.54, 1.807) is 4.90 Å². The molecule has 0 N–H and O–H groups in total. The zero-order valence-corrected chi connectivity index (χ0v) is 13.2. The summed E-state index contributed by atoms with van der Waals surface area (Å²) in [5, 5.41) is 8.56. The van der Waals surface area contributed by atoms with Crippen LogP contribution in [0, 0.1) is 14.9 Å². The maximum atomic E-state index is 12.2. The highest BCUT2D eigenvalue weighted by Crippen LogP contribution is 2.20. The van der Waals surface area contributed by atoms with Gasteiger partial charge in [0.15, 0.2) is 0 Å². The topological polar surface area (TPSA) is 44.1 Å². The number of hydrogen-bond donors (Lipinski definition) is 0. The van der Waals surface area contributed by atoms with Crippen LogP contribution in [-0.4, -0.2) is 23.9 Å². The Kier molecular flexibility index (Phi) is 5.92. The van der Waals surface area contributed by atoms with Gasteiger partial charge in [-0.05, 0) is 47.7 Å². The second-order valence-corrected chi connectivity index (χ2v) is 5.49. The smallest absolute Gasteiger partial charge is 0.254 e. The predicted octanol–water partition coefficient (Wildman–Crippen LogP) is 3.43. The van der Waals surface area contributed by atoms with Crippen LogP contribution in [0.4, 0.5) is 0 Å². The first-order valence-corrected chi connectivity index (χ1v) is 7.08. The molecule has 0 spiro atoms. The molecule has 5 heteroatoms. The maximum absolute atomic E-state index is 12.2. The fourth-order valence-electron chi connectivity index (χ4n) is 1.42. The Morgan fingerprint density at radius 2 is 2.29 bits per heavy atom. The van der Waals surface area contributed by atoms with Gasteiger partial charge in [0.2, 0.25) is 0 Å². The van der Waals surface area contributed by atoms with Gasteiger partial charge in [-0.1, -0.05) is 15.9 Å². The van der Waals surface area contributed by atoms with Crippen molar-refractivity contribution in [2.75, 3.05) is 13.1 Å². The number of nitrogens with zero attached hydrogens (tertiary/aromatic N) is 2. The Labute approximate surface area is 123 Å². The molecule has 0 unspecified atom stereocenters. The molecular weight excluding hydrogens is 395 g/mol.